The molecule has 0 saturated carbocycles. The second-order valence-corrected chi connectivity index (χ2v) is 7.49. The van der Waals surface area contributed by atoms with Crippen LogP contribution in [0.15, 0.2) is 70.5 Å². The molecule has 0 N–H and O–H groups in total. The summed E-state index contributed by atoms with van der Waals surface area (Å²) < 4.78 is 5.72. The molecule has 0 bridgehead atoms. The van der Waals surface area contributed by atoms with Crippen LogP contribution in [0.1, 0.15) is 0 Å². The zero-order valence-corrected chi connectivity index (χ0v) is 13.6. The molecule has 1 heterocycles. The van der Waals surface area contributed by atoms with Crippen LogP contribution < -0.4 is 0 Å². The summed E-state index contributed by atoms with van der Waals surface area (Å²) in [7, 11) is 0. The molecule has 110 valence electrons. The monoisotopic (exact) mass is 316 g/mol. The Bertz CT molecular complexity index is 480. The van der Waals surface area contributed by atoms with E-state index in [2.05, 4.69) is 60.7 Å². The average molecular weight is 316 g/mol. The fourth-order valence-electron chi connectivity index (χ4n) is 2.45. The van der Waals surface area contributed by atoms with Crippen molar-refractivity contribution in [1.29, 1.82) is 0 Å². The first-order valence-corrected chi connectivity index (χ1v) is 9.32. The highest BCUT2D eigenvalue weighted by molar-refractivity contribution is 7.99. The van der Waals surface area contributed by atoms with Crippen molar-refractivity contribution in [2.45, 2.75) is 9.79 Å². The van der Waals surface area contributed by atoms with Gasteiger partial charge in [-0.25, -0.2) is 0 Å². The molecular formula is C18H20OS2. The highest BCUT2D eigenvalue weighted by Crippen LogP contribution is 2.32. The van der Waals surface area contributed by atoms with Crippen LogP contribution in [-0.2, 0) is 4.74 Å². The first-order valence-electron chi connectivity index (χ1n) is 7.35. The molecule has 0 spiro atoms. The largest absolute Gasteiger partial charge is 0.381 e. The molecule has 3 heteroatoms. The zero-order chi connectivity index (χ0) is 14.3. The quantitative estimate of drug-likeness (QED) is 0.706. The number of hydrogen-bond donors (Lipinski definition) is 0. The molecule has 0 aromatic heterocycles. The standard InChI is InChI=1S/C18H20OS2/c1-3-7-17(8-4-1)20-13-15-11-19-12-16(15)14-21-18-9-5-2-6-10-18/h1-10,15-16H,11-14H2. The van der Waals surface area contributed by atoms with Gasteiger partial charge in [0, 0.05) is 21.3 Å². The van der Waals surface area contributed by atoms with Crippen molar-refractivity contribution in [3.05, 3.63) is 60.7 Å². The lowest BCUT2D eigenvalue weighted by molar-refractivity contribution is 0.184. The summed E-state index contributed by atoms with van der Waals surface area (Å²) in [6, 6.07) is 21.3. The smallest absolute Gasteiger partial charge is 0.0506 e. The minimum atomic E-state index is 0.673. The van der Waals surface area contributed by atoms with Gasteiger partial charge >= 0.3 is 0 Å². The van der Waals surface area contributed by atoms with Crippen LogP contribution in [0.5, 0.6) is 0 Å². The lowest BCUT2D eigenvalue weighted by atomic mass is 10.0. The lowest BCUT2D eigenvalue weighted by Crippen LogP contribution is -2.17. The number of rotatable bonds is 6. The second-order valence-electron chi connectivity index (χ2n) is 5.31. The van der Waals surface area contributed by atoms with Gasteiger partial charge in [0.25, 0.3) is 0 Å². The molecule has 0 amide bonds. The fraction of sp³-hybridized carbons (Fsp3) is 0.333. The summed E-state index contributed by atoms with van der Waals surface area (Å²) >= 11 is 3.91. The SMILES string of the molecule is c1ccc(SCC2COCC2CSc2ccccc2)cc1. The summed E-state index contributed by atoms with van der Waals surface area (Å²) in [5.41, 5.74) is 0. The minimum Gasteiger partial charge on any atom is -0.381 e. The second kappa shape index (κ2) is 7.92. The molecule has 1 aliphatic heterocycles. The Morgan fingerprint density at radius 1 is 0.714 bits per heavy atom. The first kappa shape index (κ1) is 15.0. The third kappa shape index (κ3) is 4.53. The van der Waals surface area contributed by atoms with E-state index in [4.69, 9.17) is 4.74 Å². The van der Waals surface area contributed by atoms with Gasteiger partial charge in [0.05, 0.1) is 13.2 Å². The van der Waals surface area contributed by atoms with Gasteiger partial charge in [-0.05, 0) is 36.1 Å². The Labute approximate surface area is 135 Å². The molecule has 0 aliphatic carbocycles. The minimum absolute atomic E-state index is 0.673. The third-order valence-corrected chi connectivity index (χ3v) is 6.15. The van der Waals surface area contributed by atoms with Crippen LogP contribution in [0.25, 0.3) is 0 Å². The molecule has 2 aromatic carbocycles. The molecule has 2 aromatic rings. The van der Waals surface area contributed by atoms with Gasteiger partial charge in [0.15, 0.2) is 0 Å². The summed E-state index contributed by atoms with van der Waals surface area (Å²) in [6.45, 7) is 1.83. The normalized spacial score (nSPS) is 21.5. The first-order chi connectivity index (χ1) is 10.4. The maximum atomic E-state index is 5.72. The summed E-state index contributed by atoms with van der Waals surface area (Å²) in [4.78, 5) is 2.72. The van der Waals surface area contributed by atoms with E-state index in [0.29, 0.717) is 11.8 Å². The van der Waals surface area contributed by atoms with Crippen LogP contribution in [-0.4, -0.2) is 24.7 Å². The molecule has 1 aliphatic rings. The molecule has 21 heavy (non-hydrogen) atoms. The van der Waals surface area contributed by atoms with Crippen molar-refractivity contribution in [3.8, 4) is 0 Å². The number of benzene rings is 2. The number of ether oxygens (including phenoxy) is 1. The molecular weight excluding hydrogens is 296 g/mol. The van der Waals surface area contributed by atoms with Gasteiger partial charge in [-0.3, -0.25) is 0 Å². The zero-order valence-electron chi connectivity index (χ0n) is 12.0. The Morgan fingerprint density at radius 3 is 1.57 bits per heavy atom. The highest BCUT2D eigenvalue weighted by atomic mass is 32.2. The molecule has 1 saturated heterocycles. The van der Waals surface area contributed by atoms with Crippen LogP contribution in [0.2, 0.25) is 0 Å². The Balaban J connectivity index is 1.49. The summed E-state index contributed by atoms with van der Waals surface area (Å²) in [6.07, 6.45) is 0. The molecule has 2 unspecified atom stereocenters. The Hall–Kier alpha value is -0.900. The van der Waals surface area contributed by atoms with Gasteiger partial charge < -0.3 is 4.74 Å². The van der Waals surface area contributed by atoms with E-state index in [1.807, 2.05) is 23.5 Å². The van der Waals surface area contributed by atoms with Crippen LogP contribution in [0.4, 0.5) is 0 Å². The van der Waals surface area contributed by atoms with Crippen LogP contribution >= 0.6 is 23.5 Å². The lowest BCUT2D eigenvalue weighted by Gasteiger charge is -2.16. The van der Waals surface area contributed by atoms with Crippen molar-refractivity contribution < 1.29 is 4.74 Å². The Kier molecular flexibility index (Phi) is 5.67. The van der Waals surface area contributed by atoms with Crippen LogP contribution in [0.3, 0.4) is 0 Å². The van der Waals surface area contributed by atoms with Crippen molar-refractivity contribution in [2.24, 2.45) is 11.8 Å². The van der Waals surface area contributed by atoms with E-state index >= 15 is 0 Å². The number of hydrogen-bond acceptors (Lipinski definition) is 3. The summed E-state index contributed by atoms with van der Waals surface area (Å²) in [5.74, 6) is 3.66. The van der Waals surface area contributed by atoms with E-state index in [0.717, 1.165) is 24.7 Å². The number of thioether (sulfide) groups is 2. The van der Waals surface area contributed by atoms with Crippen molar-refractivity contribution >= 4 is 23.5 Å². The van der Waals surface area contributed by atoms with Gasteiger partial charge in [-0.2, -0.15) is 0 Å². The van der Waals surface area contributed by atoms with Crippen molar-refractivity contribution in [3.63, 3.8) is 0 Å². The van der Waals surface area contributed by atoms with E-state index in [9.17, 15) is 0 Å². The van der Waals surface area contributed by atoms with E-state index < -0.39 is 0 Å². The average Bonchev–Trinajstić information content (AvgIpc) is 3.00. The van der Waals surface area contributed by atoms with Crippen LogP contribution in [0, 0.1) is 11.8 Å². The molecule has 2 atom stereocenters. The predicted octanol–water partition coefficient (Wildman–Crippen LogP) is 4.83. The van der Waals surface area contributed by atoms with E-state index in [1.165, 1.54) is 9.79 Å². The van der Waals surface area contributed by atoms with E-state index in [1.54, 1.807) is 0 Å². The molecule has 1 fully saturated rings. The molecule has 0 radical (unpaired) electrons. The third-order valence-electron chi connectivity index (χ3n) is 3.75. The predicted molar refractivity (Wildman–Crippen MR) is 92.1 cm³/mol. The van der Waals surface area contributed by atoms with Gasteiger partial charge in [0.2, 0.25) is 0 Å². The maximum absolute atomic E-state index is 5.72. The van der Waals surface area contributed by atoms with E-state index in [-0.39, 0.29) is 0 Å². The molecule has 3 rings (SSSR count). The molecule has 1 nitrogen and oxygen atoms in total. The highest BCUT2D eigenvalue weighted by Gasteiger charge is 2.28. The maximum Gasteiger partial charge on any atom is 0.0506 e. The Morgan fingerprint density at radius 2 is 1.14 bits per heavy atom. The topological polar surface area (TPSA) is 9.23 Å². The van der Waals surface area contributed by atoms with Crippen molar-refractivity contribution in [1.82, 2.24) is 0 Å². The summed E-state index contributed by atoms with van der Waals surface area (Å²) in [5, 5.41) is 0. The van der Waals surface area contributed by atoms with Gasteiger partial charge in [-0.15, -0.1) is 23.5 Å². The van der Waals surface area contributed by atoms with Gasteiger partial charge in [-0.1, -0.05) is 36.4 Å². The van der Waals surface area contributed by atoms with Gasteiger partial charge in [0.1, 0.15) is 0 Å². The fourth-order valence-corrected chi connectivity index (χ4v) is 4.70. The van der Waals surface area contributed by atoms with Crippen molar-refractivity contribution in [2.75, 3.05) is 24.7 Å².